The molecular weight excluding hydrogens is 276 g/mol. The Morgan fingerprint density at radius 2 is 2.15 bits per heavy atom. The van der Waals surface area contributed by atoms with Gasteiger partial charge in [-0.05, 0) is 12.8 Å². The van der Waals surface area contributed by atoms with Gasteiger partial charge in [-0.3, -0.25) is 4.79 Å². The lowest BCUT2D eigenvalue weighted by Crippen LogP contribution is -2.26. The Balaban J connectivity index is 1.78. The van der Waals surface area contributed by atoms with Crippen molar-refractivity contribution in [3.8, 4) is 0 Å². The van der Waals surface area contributed by atoms with Crippen LogP contribution in [-0.2, 0) is 6.54 Å². The minimum atomic E-state index is -0.101. The molecule has 0 aliphatic carbocycles. The van der Waals surface area contributed by atoms with Gasteiger partial charge in [-0.25, -0.2) is 4.68 Å². The Morgan fingerprint density at radius 1 is 1.35 bits per heavy atom. The van der Waals surface area contributed by atoms with Gasteiger partial charge in [-0.1, -0.05) is 11.3 Å². The van der Waals surface area contributed by atoms with Crippen LogP contribution in [0.3, 0.4) is 0 Å². The zero-order valence-electron chi connectivity index (χ0n) is 11.2. The highest BCUT2D eigenvalue weighted by atomic mass is 32.1. The van der Waals surface area contributed by atoms with Crippen LogP contribution in [0, 0.1) is 0 Å². The first kappa shape index (κ1) is 13.0. The van der Waals surface area contributed by atoms with Crippen LogP contribution in [0.15, 0.2) is 17.1 Å². The predicted molar refractivity (Wildman–Crippen MR) is 78.5 cm³/mol. The molecule has 106 valence electrons. The molecule has 3 rings (SSSR count). The third kappa shape index (κ3) is 2.64. The summed E-state index contributed by atoms with van der Waals surface area (Å²) in [6.07, 6.45) is 4.12. The monoisotopic (exact) mass is 292 g/mol. The van der Waals surface area contributed by atoms with Crippen molar-refractivity contribution < 1.29 is 0 Å². The summed E-state index contributed by atoms with van der Waals surface area (Å²) in [5.41, 5.74) is 0.813. The van der Waals surface area contributed by atoms with Crippen molar-refractivity contribution in [3.05, 3.63) is 27.6 Å². The second kappa shape index (κ2) is 5.58. The standard InChI is InChI=1S/C12H16N6OS/c1-13-12-16-15-10(20-12)8-18-11(19)6-9(7-14-18)17-4-2-3-5-17/h6-7H,2-5,8H2,1H3,(H,13,16). The molecule has 0 spiro atoms. The van der Waals surface area contributed by atoms with Gasteiger partial charge in [-0.2, -0.15) is 5.10 Å². The van der Waals surface area contributed by atoms with Crippen molar-refractivity contribution in [3.63, 3.8) is 0 Å². The van der Waals surface area contributed by atoms with E-state index in [0.717, 1.165) is 28.9 Å². The average molecular weight is 292 g/mol. The average Bonchev–Trinajstić information content (AvgIpc) is 3.12. The summed E-state index contributed by atoms with van der Waals surface area (Å²) >= 11 is 1.42. The highest BCUT2D eigenvalue weighted by Crippen LogP contribution is 2.17. The van der Waals surface area contributed by atoms with Gasteiger partial charge in [0.05, 0.1) is 18.4 Å². The van der Waals surface area contributed by atoms with Crippen LogP contribution in [0.5, 0.6) is 0 Å². The molecule has 8 heteroatoms. The fraction of sp³-hybridized carbons (Fsp3) is 0.500. The number of anilines is 2. The first-order chi connectivity index (χ1) is 9.76. The molecule has 0 atom stereocenters. The molecule has 0 radical (unpaired) electrons. The van der Waals surface area contributed by atoms with E-state index >= 15 is 0 Å². The van der Waals surface area contributed by atoms with Crippen molar-refractivity contribution in [2.45, 2.75) is 19.4 Å². The lowest BCUT2D eigenvalue weighted by molar-refractivity contribution is 0.630. The predicted octanol–water partition coefficient (Wildman–Crippen LogP) is 0.785. The fourth-order valence-electron chi connectivity index (χ4n) is 2.24. The molecule has 2 aromatic heterocycles. The molecule has 1 saturated heterocycles. The molecule has 2 aromatic rings. The molecule has 0 bridgehead atoms. The fourth-order valence-corrected chi connectivity index (χ4v) is 2.91. The van der Waals surface area contributed by atoms with Crippen molar-refractivity contribution in [1.29, 1.82) is 0 Å². The lowest BCUT2D eigenvalue weighted by atomic mass is 10.4. The lowest BCUT2D eigenvalue weighted by Gasteiger charge is -2.16. The van der Waals surface area contributed by atoms with E-state index in [4.69, 9.17) is 0 Å². The van der Waals surface area contributed by atoms with Crippen LogP contribution >= 0.6 is 11.3 Å². The smallest absolute Gasteiger partial charge is 0.269 e. The minimum Gasteiger partial charge on any atom is -0.370 e. The molecule has 0 unspecified atom stereocenters. The summed E-state index contributed by atoms with van der Waals surface area (Å²) < 4.78 is 1.42. The van der Waals surface area contributed by atoms with Gasteiger partial charge >= 0.3 is 0 Å². The van der Waals surface area contributed by atoms with E-state index < -0.39 is 0 Å². The van der Waals surface area contributed by atoms with Crippen LogP contribution in [-0.4, -0.2) is 40.1 Å². The number of nitrogens with zero attached hydrogens (tertiary/aromatic N) is 5. The quantitative estimate of drug-likeness (QED) is 0.897. The molecule has 3 heterocycles. The third-order valence-electron chi connectivity index (χ3n) is 3.29. The number of hydrogen-bond donors (Lipinski definition) is 1. The Hall–Kier alpha value is -1.96. The number of rotatable bonds is 4. The molecule has 1 fully saturated rings. The van der Waals surface area contributed by atoms with Crippen LogP contribution in [0.1, 0.15) is 17.8 Å². The van der Waals surface area contributed by atoms with Gasteiger partial charge in [0, 0.05) is 26.2 Å². The highest BCUT2D eigenvalue weighted by molar-refractivity contribution is 7.15. The summed E-state index contributed by atoms with van der Waals surface area (Å²) in [7, 11) is 1.79. The molecule has 0 saturated carbocycles. The van der Waals surface area contributed by atoms with Crippen LogP contribution < -0.4 is 15.8 Å². The molecule has 7 nitrogen and oxygen atoms in total. The van der Waals surface area contributed by atoms with Crippen molar-refractivity contribution >= 4 is 22.2 Å². The SMILES string of the molecule is CNc1nnc(Cn2ncc(N3CCCC3)cc2=O)s1. The van der Waals surface area contributed by atoms with Gasteiger partial charge in [0.2, 0.25) is 5.13 Å². The van der Waals surface area contributed by atoms with Crippen LogP contribution in [0.25, 0.3) is 0 Å². The number of hydrogen-bond acceptors (Lipinski definition) is 7. The van der Waals surface area contributed by atoms with E-state index in [1.165, 1.54) is 28.9 Å². The summed E-state index contributed by atoms with van der Waals surface area (Å²) in [4.78, 5) is 14.3. The molecular formula is C12H16N6OS. The van der Waals surface area contributed by atoms with E-state index in [-0.39, 0.29) is 5.56 Å². The summed E-state index contributed by atoms with van der Waals surface area (Å²) in [5, 5.41) is 16.6. The molecule has 0 aromatic carbocycles. The maximum Gasteiger partial charge on any atom is 0.269 e. The zero-order chi connectivity index (χ0) is 13.9. The third-order valence-corrected chi connectivity index (χ3v) is 4.22. The van der Waals surface area contributed by atoms with Crippen LogP contribution in [0.4, 0.5) is 10.8 Å². The van der Waals surface area contributed by atoms with E-state index in [1.54, 1.807) is 19.3 Å². The van der Waals surface area contributed by atoms with E-state index in [9.17, 15) is 4.79 Å². The van der Waals surface area contributed by atoms with Gasteiger partial charge in [0.25, 0.3) is 5.56 Å². The van der Waals surface area contributed by atoms with Crippen molar-refractivity contribution in [1.82, 2.24) is 20.0 Å². The van der Waals surface area contributed by atoms with E-state index in [2.05, 4.69) is 25.5 Å². The van der Waals surface area contributed by atoms with Crippen molar-refractivity contribution in [2.24, 2.45) is 0 Å². The highest BCUT2D eigenvalue weighted by Gasteiger charge is 2.14. The molecule has 20 heavy (non-hydrogen) atoms. The number of aromatic nitrogens is 4. The molecule has 1 aliphatic rings. The van der Waals surface area contributed by atoms with E-state index in [1.807, 2.05) is 0 Å². The Bertz CT molecular complexity index is 645. The van der Waals surface area contributed by atoms with Gasteiger partial charge in [0.1, 0.15) is 5.01 Å². The van der Waals surface area contributed by atoms with Crippen LogP contribution in [0.2, 0.25) is 0 Å². The molecule has 1 aliphatic heterocycles. The largest absolute Gasteiger partial charge is 0.370 e. The molecule has 1 N–H and O–H groups in total. The minimum absolute atomic E-state index is 0.101. The number of nitrogens with one attached hydrogen (secondary N) is 1. The van der Waals surface area contributed by atoms with Gasteiger partial charge in [-0.15, -0.1) is 10.2 Å². The molecule has 0 amide bonds. The van der Waals surface area contributed by atoms with Crippen molar-refractivity contribution in [2.75, 3.05) is 30.4 Å². The topological polar surface area (TPSA) is 75.9 Å². The Kier molecular flexibility index (Phi) is 3.64. The maximum atomic E-state index is 12.1. The Labute approximate surface area is 120 Å². The Morgan fingerprint density at radius 3 is 2.80 bits per heavy atom. The second-order valence-electron chi connectivity index (χ2n) is 4.65. The van der Waals surface area contributed by atoms with Gasteiger partial charge < -0.3 is 10.2 Å². The maximum absolute atomic E-state index is 12.1. The summed E-state index contributed by atoms with van der Waals surface area (Å²) in [5.74, 6) is 0. The first-order valence-corrected chi connectivity index (χ1v) is 7.40. The van der Waals surface area contributed by atoms with E-state index in [0.29, 0.717) is 6.54 Å². The van der Waals surface area contributed by atoms with Gasteiger partial charge in [0.15, 0.2) is 0 Å². The summed E-state index contributed by atoms with van der Waals surface area (Å²) in [6, 6.07) is 1.65. The second-order valence-corrected chi connectivity index (χ2v) is 5.72. The summed E-state index contributed by atoms with van der Waals surface area (Å²) in [6.45, 7) is 2.37. The first-order valence-electron chi connectivity index (χ1n) is 6.58. The normalized spacial score (nSPS) is 14.8. The zero-order valence-corrected chi connectivity index (χ0v) is 12.1.